The molecule has 1 fully saturated rings. The van der Waals surface area contributed by atoms with E-state index in [0.717, 1.165) is 46.2 Å². The van der Waals surface area contributed by atoms with Crippen molar-refractivity contribution in [3.63, 3.8) is 0 Å². The first kappa shape index (κ1) is 21.9. The van der Waals surface area contributed by atoms with Crippen molar-refractivity contribution in [2.45, 2.75) is 38.6 Å². The predicted octanol–water partition coefficient (Wildman–Crippen LogP) is 5.42. The third-order valence-electron chi connectivity index (χ3n) is 5.84. The number of aromatic nitrogens is 1. The zero-order valence-electron chi connectivity index (χ0n) is 18.7. The highest BCUT2D eigenvalue weighted by molar-refractivity contribution is 5.77. The van der Waals surface area contributed by atoms with Crippen LogP contribution in [0.25, 0.3) is 22.6 Å². The van der Waals surface area contributed by atoms with Crippen molar-refractivity contribution in [1.82, 2.24) is 14.9 Å². The van der Waals surface area contributed by atoms with E-state index >= 15 is 0 Å². The normalized spacial score (nSPS) is 14.6. The first-order valence-electron chi connectivity index (χ1n) is 11.0. The number of benzene rings is 2. The van der Waals surface area contributed by atoms with Crippen LogP contribution in [-0.4, -0.2) is 52.4 Å². The summed E-state index contributed by atoms with van der Waals surface area (Å²) < 4.78 is 11.6. The smallest absolute Gasteiger partial charge is 0.343 e. The lowest BCUT2D eigenvalue weighted by Crippen LogP contribution is -2.47. The molecule has 1 aliphatic rings. The van der Waals surface area contributed by atoms with E-state index in [2.05, 4.69) is 0 Å². The van der Waals surface area contributed by atoms with E-state index in [9.17, 15) is 10.0 Å². The minimum absolute atomic E-state index is 0.111. The fourth-order valence-electron chi connectivity index (χ4n) is 3.92. The quantitative estimate of drug-likeness (QED) is 0.428. The number of carbonyl (C=O) groups is 1. The summed E-state index contributed by atoms with van der Waals surface area (Å²) in [5, 5.41) is 10.8. The minimum Gasteiger partial charge on any atom is -0.497 e. The van der Waals surface area contributed by atoms with Gasteiger partial charge in [-0.25, -0.2) is 14.8 Å². The molecule has 1 N–H and O–H groups in total. The van der Waals surface area contributed by atoms with Crippen LogP contribution in [0.4, 0.5) is 4.79 Å². The molecule has 3 aromatic rings. The van der Waals surface area contributed by atoms with Gasteiger partial charge in [-0.3, -0.25) is 5.21 Å². The molecule has 7 heteroatoms. The highest BCUT2D eigenvalue weighted by atomic mass is 16.5. The van der Waals surface area contributed by atoms with Gasteiger partial charge in [-0.1, -0.05) is 30.3 Å². The summed E-state index contributed by atoms with van der Waals surface area (Å²) in [6.45, 7) is 4.66. The topological polar surface area (TPSA) is 79.0 Å². The second-order valence-corrected chi connectivity index (χ2v) is 8.31. The van der Waals surface area contributed by atoms with Gasteiger partial charge in [0.1, 0.15) is 11.4 Å². The number of ether oxygens (including phenoxy) is 1. The summed E-state index contributed by atoms with van der Waals surface area (Å²) >= 11 is 0. The van der Waals surface area contributed by atoms with Crippen molar-refractivity contribution >= 4 is 6.03 Å². The van der Waals surface area contributed by atoms with Gasteiger partial charge < -0.3 is 14.1 Å². The number of nitrogens with zero attached hydrogens (tertiary/aromatic N) is 3. The Bertz CT molecular complexity index is 1040. The number of amides is 2. The fraction of sp³-hybridized carbons (Fsp3) is 0.360. The molecule has 2 heterocycles. The van der Waals surface area contributed by atoms with E-state index in [1.54, 1.807) is 25.9 Å². The van der Waals surface area contributed by atoms with Crippen LogP contribution in [0.3, 0.4) is 0 Å². The van der Waals surface area contributed by atoms with Gasteiger partial charge in [-0.2, -0.15) is 0 Å². The molecular weight excluding hydrogens is 406 g/mol. The van der Waals surface area contributed by atoms with E-state index in [1.165, 1.54) is 0 Å². The molecule has 4 rings (SSSR count). The van der Waals surface area contributed by atoms with Crippen LogP contribution in [0.15, 0.2) is 59.0 Å². The number of hydrogen-bond donors (Lipinski definition) is 1. The Kier molecular flexibility index (Phi) is 6.46. The second kappa shape index (κ2) is 9.44. The Morgan fingerprint density at radius 1 is 1.09 bits per heavy atom. The average molecular weight is 436 g/mol. The van der Waals surface area contributed by atoms with Crippen molar-refractivity contribution in [3.8, 4) is 28.3 Å². The van der Waals surface area contributed by atoms with Gasteiger partial charge in [0.15, 0.2) is 11.7 Å². The summed E-state index contributed by atoms with van der Waals surface area (Å²) in [6.07, 6.45) is 1.46. The molecule has 0 unspecified atom stereocenters. The molecule has 32 heavy (non-hydrogen) atoms. The highest BCUT2D eigenvalue weighted by Crippen LogP contribution is 2.38. The third-order valence-corrected chi connectivity index (χ3v) is 5.84. The largest absolute Gasteiger partial charge is 0.497 e. The third kappa shape index (κ3) is 4.48. The highest BCUT2D eigenvalue weighted by Gasteiger charge is 2.31. The maximum Gasteiger partial charge on any atom is 0.343 e. The molecule has 0 atom stereocenters. The van der Waals surface area contributed by atoms with Gasteiger partial charge in [0.05, 0.1) is 13.2 Å². The number of oxazole rings is 1. The molecule has 1 aromatic heterocycles. The zero-order valence-corrected chi connectivity index (χ0v) is 18.7. The first-order chi connectivity index (χ1) is 15.5. The maximum atomic E-state index is 12.4. The monoisotopic (exact) mass is 435 g/mol. The molecule has 0 radical (unpaired) electrons. The number of methoxy groups -OCH3 is 1. The van der Waals surface area contributed by atoms with Crippen LogP contribution < -0.4 is 4.74 Å². The number of urea groups is 1. The van der Waals surface area contributed by atoms with E-state index in [4.69, 9.17) is 14.1 Å². The molecule has 168 valence electrons. The molecule has 0 bridgehead atoms. The van der Waals surface area contributed by atoms with Gasteiger partial charge >= 0.3 is 6.03 Å². The van der Waals surface area contributed by atoms with Gasteiger partial charge in [0.2, 0.25) is 0 Å². The molecule has 1 saturated heterocycles. The zero-order chi connectivity index (χ0) is 22.7. The van der Waals surface area contributed by atoms with Crippen LogP contribution in [0.5, 0.6) is 5.75 Å². The van der Waals surface area contributed by atoms with Crippen molar-refractivity contribution in [2.24, 2.45) is 0 Å². The lowest BCUT2D eigenvalue weighted by Gasteiger charge is -2.33. The van der Waals surface area contributed by atoms with Crippen LogP contribution in [0.2, 0.25) is 0 Å². The lowest BCUT2D eigenvalue weighted by molar-refractivity contribution is -0.0815. The van der Waals surface area contributed by atoms with Crippen molar-refractivity contribution in [3.05, 3.63) is 60.5 Å². The number of likely N-dealkylation sites (tertiary alicyclic amines) is 1. The Morgan fingerprint density at radius 3 is 2.34 bits per heavy atom. The summed E-state index contributed by atoms with van der Waals surface area (Å²) in [4.78, 5) is 19.0. The summed E-state index contributed by atoms with van der Waals surface area (Å²) in [6, 6.07) is 17.2. The van der Waals surface area contributed by atoms with Gasteiger partial charge in [-0.05, 0) is 51.0 Å². The van der Waals surface area contributed by atoms with Crippen molar-refractivity contribution in [1.29, 1.82) is 0 Å². The molecular formula is C25H29N3O4. The van der Waals surface area contributed by atoms with Crippen molar-refractivity contribution < 1.29 is 19.2 Å². The fourth-order valence-corrected chi connectivity index (χ4v) is 3.92. The molecule has 0 saturated carbocycles. The molecule has 2 aromatic carbocycles. The second-order valence-electron chi connectivity index (χ2n) is 8.31. The van der Waals surface area contributed by atoms with E-state index < -0.39 is 0 Å². The molecule has 2 amide bonds. The van der Waals surface area contributed by atoms with Gasteiger partial charge in [0.25, 0.3) is 0 Å². The maximum absolute atomic E-state index is 12.4. The molecule has 0 aliphatic carbocycles. The Labute approximate surface area is 188 Å². The summed E-state index contributed by atoms with van der Waals surface area (Å²) in [5.74, 6) is 2.31. The predicted molar refractivity (Wildman–Crippen MR) is 122 cm³/mol. The number of carbonyl (C=O) groups excluding carboxylic acids is 1. The summed E-state index contributed by atoms with van der Waals surface area (Å²) in [5.41, 5.74) is 2.74. The number of hydrogen-bond acceptors (Lipinski definition) is 5. The lowest BCUT2D eigenvalue weighted by atomic mass is 9.97. The SMILES string of the molecule is COc1ccc(-c2oc(C3CCN(C(=O)N(O)C(C)C)CC3)nc2-c2ccccc2)cc1. The molecule has 0 spiro atoms. The van der Waals surface area contributed by atoms with Crippen LogP contribution in [-0.2, 0) is 0 Å². The van der Waals surface area contributed by atoms with Gasteiger partial charge in [0, 0.05) is 30.1 Å². The average Bonchev–Trinajstić information content (AvgIpc) is 3.29. The van der Waals surface area contributed by atoms with Crippen molar-refractivity contribution in [2.75, 3.05) is 20.2 Å². The Balaban J connectivity index is 1.59. The van der Waals surface area contributed by atoms with Crippen LogP contribution in [0.1, 0.15) is 38.5 Å². The minimum atomic E-state index is -0.352. The van der Waals surface area contributed by atoms with Crippen LogP contribution >= 0.6 is 0 Å². The molecule has 1 aliphatic heterocycles. The standard InChI is InChI=1S/C25H29N3O4/c1-17(2)28(30)25(29)27-15-13-20(14-16-27)24-26-22(18-7-5-4-6-8-18)23(32-24)19-9-11-21(31-3)12-10-19/h4-12,17,20,30H,13-16H2,1-3H3. The van der Waals surface area contributed by atoms with Gasteiger partial charge in [-0.15, -0.1) is 0 Å². The van der Waals surface area contributed by atoms with E-state index in [-0.39, 0.29) is 18.0 Å². The number of hydroxylamine groups is 2. The molecule has 7 nitrogen and oxygen atoms in total. The number of rotatable bonds is 5. The number of piperidine rings is 1. The summed E-state index contributed by atoms with van der Waals surface area (Å²) in [7, 11) is 1.64. The van der Waals surface area contributed by atoms with E-state index in [0.29, 0.717) is 19.0 Å². The Morgan fingerprint density at radius 2 is 1.75 bits per heavy atom. The van der Waals surface area contributed by atoms with Crippen LogP contribution in [0, 0.1) is 0 Å². The first-order valence-corrected chi connectivity index (χ1v) is 11.0. The Hall–Kier alpha value is -3.32. The van der Waals surface area contributed by atoms with E-state index in [1.807, 2.05) is 54.6 Å².